The zero-order valence-electron chi connectivity index (χ0n) is 10.2. The van der Waals surface area contributed by atoms with E-state index in [1.54, 1.807) is 24.6 Å². The lowest BCUT2D eigenvalue weighted by Crippen LogP contribution is -2.15. The van der Waals surface area contributed by atoms with Gasteiger partial charge in [0.2, 0.25) is 0 Å². The monoisotopic (exact) mass is 347 g/mol. The van der Waals surface area contributed by atoms with Crippen LogP contribution in [-0.4, -0.2) is 18.0 Å². The van der Waals surface area contributed by atoms with Gasteiger partial charge in [0.25, 0.3) is 10.0 Å². The fourth-order valence-corrected chi connectivity index (χ4v) is 3.14. The number of imidazole rings is 1. The van der Waals surface area contributed by atoms with Gasteiger partial charge in [0.05, 0.1) is 5.69 Å². The first-order valence-corrected chi connectivity index (χ1v) is 7.55. The quantitative estimate of drug-likeness (QED) is 0.927. The van der Waals surface area contributed by atoms with Gasteiger partial charge < -0.3 is 4.57 Å². The molecule has 1 aromatic heterocycles. The van der Waals surface area contributed by atoms with Gasteiger partial charge in [0.15, 0.2) is 5.03 Å². The normalized spacial score (nSPS) is 11.6. The van der Waals surface area contributed by atoms with Crippen molar-refractivity contribution in [3.8, 4) is 0 Å². The topological polar surface area (TPSA) is 64.0 Å². The standard InChI is InChI=1S/C11H11BrFN3O2S/c1-7-14-10(6-16(7)2)19(17,18)15-11-8(12)4-3-5-9(11)13/h3-6,15H,1-2H3. The van der Waals surface area contributed by atoms with Crippen molar-refractivity contribution in [2.75, 3.05) is 4.72 Å². The number of rotatable bonds is 3. The van der Waals surface area contributed by atoms with Crippen LogP contribution in [0.5, 0.6) is 0 Å². The van der Waals surface area contributed by atoms with Crippen molar-refractivity contribution in [3.05, 3.63) is 40.5 Å². The summed E-state index contributed by atoms with van der Waals surface area (Å²) < 4.78 is 41.9. The zero-order valence-corrected chi connectivity index (χ0v) is 12.6. The van der Waals surface area contributed by atoms with Gasteiger partial charge in [-0.2, -0.15) is 8.42 Å². The van der Waals surface area contributed by atoms with Gasteiger partial charge in [-0.1, -0.05) is 6.07 Å². The molecule has 1 heterocycles. The number of hydrogen-bond acceptors (Lipinski definition) is 3. The Morgan fingerprint density at radius 2 is 2.11 bits per heavy atom. The minimum atomic E-state index is -3.91. The van der Waals surface area contributed by atoms with Crippen LogP contribution in [0.2, 0.25) is 0 Å². The summed E-state index contributed by atoms with van der Waals surface area (Å²) >= 11 is 3.10. The molecular formula is C11H11BrFN3O2S. The number of nitrogens with zero attached hydrogens (tertiary/aromatic N) is 2. The molecule has 0 amide bonds. The first-order valence-electron chi connectivity index (χ1n) is 5.28. The molecule has 0 fully saturated rings. The highest BCUT2D eigenvalue weighted by Crippen LogP contribution is 2.27. The van der Waals surface area contributed by atoms with Gasteiger partial charge in [-0.05, 0) is 35.0 Å². The molecular weight excluding hydrogens is 337 g/mol. The molecule has 0 aliphatic rings. The molecule has 2 aromatic rings. The van der Waals surface area contributed by atoms with E-state index in [4.69, 9.17) is 0 Å². The van der Waals surface area contributed by atoms with Crippen molar-refractivity contribution in [1.82, 2.24) is 9.55 Å². The minimum Gasteiger partial charge on any atom is -0.337 e. The maximum atomic E-state index is 13.6. The molecule has 5 nitrogen and oxygen atoms in total. The van der Waals surface area contributed by atoms with Crippen LogP contribution in [0, 0.1) is 12.7 Å². The Morgan fingerprint density at radius 3 is 2.63 bits per heavy atom. The van der Waals surface area contributed by atoms with E-state index >= 15 is 0 Å². The summed E-state index contributed by atoms with van der Waals surface area (Å²) in [6.07, 6.45) is 1.37. The van der Waals surface area contributed by atoms with Gasteiger partial charge in [0, 0.05) is 17.7 Å². The molecule has 19 heavy (non-hydrogen) atoms. The van der Waals surface area contributed by atoms with E-state index in [1.165, 1.54) is 18.3 Å². The van der Waals surface area contributed by atoms with Gasteiger partial charge in [-0.15, -0.1) is 0 Å². The smallest absolute Gasteiger partial charge is 0.281 e. The van der Waals surface area contributed by atoms with Gasteiger partial charge in [-0.3, -0.25) is 4.72 Å². The Bertz CT molecular complexity index is 688. The first kappa shape index (κ1) is 14.0. The second-order valence-corrected chi connectivity index (χ2v) is 6.42. The maximum absolute atomic E-state index is 13.6. The van der Waals surface area contributed by atoms with Crippen LogP contribution in [0.25, 0.3) is 0 Å². The van der Waals surface area contributed by atoms with Crippen LogP contribution in [0.15, 0.2) is 33.9 Å². The van der Waals surface area contributed by atoms with E-state index in [2.05, 4.69) is 25.6 Å². The predicted octanol–water partition coefficient (Wildman–Crippen LogP) is 2.43. The molecule has 1 aromatic carbocycles. The van der Waals surface area contributed by atoms with Crippen LogP contribution in [-0.2, 0) is 17.1 Å². The summed E-state index contributed by atoms with van der Waals surface area (Å²) in [5.74, 6) is -0.112. The van der Waals surface area contributed by atoms with E-state index in [0.29, 0.717) is 10.3 Å². The van der Waals surface area contributed by atoms with Gasteiger partial charge >= 0.3 is 0 Å². The fourth-order valence-electron chi connectivity index (χ4n) is 1.44. The molecule has 8 heteroatoms. The van der Waals surface area contributed by atoms with Crippen LogP contribution in [0.4, 0.5) is 10.1 Å². The Hall–Kier alpha value is -1.41. The Kier molecular flexibility index (Phi) is 3.64. The fraction of sp³-hybridized carbons (Fsp3) is 0.182. The number of sulfonamides is 1. The van der Waals surface area contributed by atoms with Crippen molar-refractivity contribution in [2.45, 2.75) is 11.9 Å². The average molecular weight is 348 g/mol. The van der Waals surface area contributed by atoms with Crippen LogP contribution in [0.3, 0.4) is 0 Å². The number of benzene rings is 1. The molecule has 0 bridgehead atoms. The molecule has 0 aliphatic carbocycles. The number of halogens is 2. The van der Waals surface area contributed by atoms with E-state index in [9.17, 15) is 12.8 Å². The molecule has 102 valence electrons. The summed E-state index contributed by atoms with van der Waals surface area (Å²) in [6.45, 7) is 1.68. The second-order valence-electron chi connectivity index (χ2n) is 3.94. The molecule has 0 spiro atoms. The number of hydrogen-bond donors (Lipinski definition) is 1. The van der Waals surface area contributed by atoms with E-state index in [-0.39, 0.29) is 10.7 Å². The van der Waals surface area contributed by atoms with Crippen LogP contribution >= 0.6 is 15.9 Å². The summed E-state index contributed by atoms with van der Waals surface area (Å²) in [5, 5.41) is -0.150. The van der Waals surface area contributed by atoms with Crippen molar-refractivity contribution < 1.29 is 12.8 Å². The number of aromatic nitrogens is 2. The molecule has 1 N–H and O–H groups in total. The third kappa shape index (κ3) is 2.79. The first-order chi connectivity index (χ1) is 8.81. The van der Waals surface area contributed by atoms with Crippen molar-refractivity contribution >= 4 is 31.6 Å². The molecule has 0 unspecified atom stereocenters. The van der Waals surface area contributed by atoms with Gasteiger partial charge in [0.1, 0.15) is 11.6 Å². The maximum Gasteiger partial charge on any atom is 0.281 e. The minimum absolute atomic E-state index is 0.134. The second kappa shape index (κ2) is 4.93. The summed E-state index contributed by atoms with van der Waals surface area (Å²) in [5.41, 5.74) is -0.134. The van der Waals surface area contributed by atoms with E-state index in [0.717, 1.165) is 0 Å². The highest BCUT2D eigenvalue weighted by atomic mass is 79.9. The van der Waals surface area contributed by atoms with Crippen molar-refractivity contribution in [2.24, 2.45) is 7.05 Å². The number of nitrogens with one attached hydrogen (secondary N) is 1. The average Bonchev–Trinajstić information content (AvgIpc) is 2.66. The van der Waals surface area contributed by atoms with Gasteiger partial charge in [-0.25, -0.2) is 9.37 Å². The Morgan fingerprint density at radius 1 is 1.42 bits per heavy atom. The number of anilines is 1. The van der Waals surface area contributed by atoms with Crippen LogP contribution < -0.4 is 4.72 Å². The molecule has 0 saturated heterocycles. The van der Waals surface area contributed by atoms with E-state index < -0.39 is 15.8 Å². The summed E-state index contributed by atoms with van der Waals surface area (Å²) in [6, 6.07) is 4.19. The number of para-hydroxylation sites is 1. The van der Waals surface area contributed by atoms with Crippen molar-refractivity contribution in [1.29, 1.82) is 0 Å². The zero-order chi connectivity index (χ0) is 14.2. The predicted molar refractivity (Wildman–Crippen MR) is 72.9 cm³/mol. The summed E-state index contributed by atoms with van der Waals surface area (Å²) in [4.78, 5) is 3.91. The SMILES string of the molecule is Cc1nc(S(=O)(=O)Nc2c(F)cccc2Br)cn1C. The third-order valence-electron chi connectivity index (χ3n) is 2.56. The Labute approximate surface area is 118 Å². The lowest BCUT2D eigenvalue weighted by molar-refractivity contribution is 0.595. The molecule has 0 saturated carbocycles. The Balaban J connectivity index is 2.42. The lowest BCUT2D eigenvalue weighted by atomic mass is 10.3. The summed E-state index contributed by atoms with van der Waals surface area (Å²) in [7, 11) is -2.23. The number of aryl methyl sites for hydroxylation is 2. The molecule has 0 aliphatic heterocycles. The molecule has 2 rings (SSSR count). The van der Waals surface area contributed by atoms with E-state index in [1.807, 2.05) is 0 Å². The highest BCUT2D eigenvalue weighted by molar-refractivity contribution is 9.10. The molecule has 0 radical (unpaired) electrons. The third-order valence-corrected chi connectivity index (χ3v) is 4.44. The molecule has 0 atom stereocenters. The van der Waals surface area contributed by atoms with Crippen molar-refractivity contribution in [3.63, 3.8) is 0 Å². The highest BCUT2D eigenvalue weighted by Gasteiger charge is 2.21. The van der Waals surface area contributed by atoms with Crippen LogP contribution in [0.1, 0.15) is 5.82 Å². The largest absolute Gasteiger partial charge is 0.337 e. The lowest BCUT2D eigenvalue weighted by Gasteiger charge is -2.08.